The van der Waals surface area contributed by atoms with Crippen LogP contribution in [0.25, 0.3) is 5.69 Å². The Balaban J connectivity index is 1.50. The third-order valence-electron chi connectivity index (χ3n) is 5.32. The van der Waals surface area contributed by atoms with Crippen molar-refractivity contribution < 1.29 is 4.79 Å². The average molecular weight is 392 g/mol. The molecule has 0 bridgehead atoms. The molecule has 0 saturated carbocycles. The van der Waals surface area contributed by atoms with Gasteiger partial charge in [-0.05, 0) is 32.0 Å². The van der Waals surface area contributed by atoms with Crippen LogP contribution >= 0.6 is 0 Å². The van der Waals surface area contributed by atoms with E-state index in [1.807, 2.05) is 41.9 Å². The van der Waals surface area contributed by atoms with E-state index in [1.165, 1.54) is 16.8 Å². The molecule has 150 valence electrons. The number of para-hydroxylation sites is 1. The van der Waals surface area contributed by atoms with Crippen molar-refractivity contribution in [3.63, 3.8) is 0 Å². The van der Waals surface area contributed by atoms with Crippen molar-refractivity contribution in [1.82, 2.24) is 24.5 Å². The topological polar surface area (TPSA) is 76.3 Å². The van der Waals surface area contributed by atoms with Gasteiger partial charge in [0.25, 0.3) is 11.5 Å². The summed E-state index contributed by atoms with van der Waals surface area (Å²) in [6.07, 6.45) is 0. The normalized spacial score (nSPS) is 14.3. The molecule has 8 heteroatoms. The number of benzene rings is 1. The minimum absolute atomic E-state index is 0.145. The number of aromatic nitrogens is 4. The van der Waals surface area contributed by atoms with Crippen molar-refractivity contribution in [3.8, 4) is 5.69 Å². The van der Waals surface area contributed by atoms with Gasteiger partial charge in [0.05, 0.1) is 22.8 Å². The van der Waals surface area contributed by atoms with E-state index in [0.29, 0.717) is 18.8 Å². The number of carbonyl (C=O) groups excluding carboxylic acids is 1. The second-order valence-corrected chi connectivity index (χ2v) is 7.23. The summed E-state index contributed by atoms with van der Waals surface area (Å²) in [5, 5.41) is 8.80. The van der Waals surface area contributed by atoms with Crippen molar-refractivity contribution in [3.05, 3.63) is 69.9 Å². The summed E-state index contributed by atoms with van der Waals surface area (Å²) in [6, 6.07) is 13.0. The highest BCUT2D eigenvalue weighted by molar-refractivity contribution is 5.92. The lowest BCUT2D eigenvalue weighted by Crippen LogP contribution is -2.49. The van der Waals surface area contributed by atoms with E-state index in [1.54, 1.807) is 11.9 Å². The fraction of sp³-hybridized carbons (Fsp3) is 0.333. The summed E-state index contributed by atoms with van der Waals surface area (Å²) in [4.78, 5) is 28.3. The second kappa shape index (κ2) is 7.54. The number of hydrogen-bond acceptors (Lipinski definition) is 5. The number of anilines is 1. The first kappa shape index (κ1) is 18.9. The molecule has 8 nitrogen and oxygen atoms in total. The lowest BCUT2D eigenvalue weighted by Gasteiger charge is -2.36. The first-order valence-corrected chi connectivity index (χ1v) is 9.66. The maximum atomic E-state index is 12.7. The van der Waals surface area contributed by atoms with Crippen LogP contribution in [0.15, 0.2) is 47.3 Å². The SMILES string of the molecule is Cc1nn(-c2ccccc2)c(C)c1N1CCN(C(=O)c2ccc(=O)n(C)n2)CC1. The Labute approximate surface area is 169 Å². The zero-order chi connectivity index (χ0) is 20.5. The van der Waals surface area contributed by atoms with Crippen LogP contribution in [0, 0.1) is 13.8 Å². The molecule has 1 aromatic carbocycles. The van der Waals surface area contributed by atoms with Crippen molar-refractivity contribution in [2.45, 2.75) is 13.8 Å². The predicted molar refractivity (Wildman–Crippen MR) is 111 cm³/mol. The molecule has 3 heterocycles. The van der Waals surface area contributed by atoms with Crippen molar-refractivity contribution in [2.24, 2.45) is 7.05 Å². The molecule has 4 rings (SSSR count). The van der Waals surface area contributed by atoms with Crippen LogP contribution in [0.2, 0.25) is 0 Å². The smallest absolute Gasteiger partial charge is 0.274 e. The molecule has 1 amide bonds. The van der Waals surface area contributed by atoms with E-state index in [4.69, 9.17) is 5.10 Å². The molecule has 0 N–H and O–H groups in total. The van der Waals surface area contributed by atoms with Gasteiger partial charge in [-0.15, -0.1) is 0 Å². The second-order valence-electron chi connectivity index (χ2n) is 7.23. The Bertz CT molecular complexity index is 1090. The van der Waals surface area contributed by atoms with Gasteiger partial charge in [0.2, 0.25) is 0 Å². The maximum absolute atomic E-state index is 12.7. The van der Waals surface area contributed by atoms with Crippen LogP contribution in [-0.2, 0) is 7.05 Å². The van der Waals surface area contributed by atoms with E-state index in [9.17, 15) is 9.59 Å². The Morgan fingerprint density at radius 2 is 1.62 bits per heavy atom. The highest BCUT2D eigenvalue weighted by atomic mass is 16.2. The highest BCUT2D eigenvalue weighted by Gasteiger charge is 2.26. The standard InChI is InChI=1S/C21H24N6O2/c1-15-20(16(2)27(22-15)17-7-5-4-6-8-17)25-11-13-26(14-12-25)21(29)18-9-10-19(28)24(3)23-18/h4-10H,11-14H2,1-3H3. The molecule has 29 heavy (non-hydrogen) atoms. The van der Waals surface area contributed by atoms with Crippen LogP contribution < -0.4 is 10.5 Å². The largest absolute Gasteiger partial charge is 0.365 e. The first-order valence-electron chi connectivity index (χ1n) is 9.66. The lowest BCUT2D eigenvalue weighted by atomic mass is 10.2. The summed E-state index contributed by atoms with van der Waals surface area (Å²) >= 11 is 0. The fourth-order valence-electron chi connectivity index (χ4n) is 3.82. The van der Waals surface area contributed by atoms with Gasteiger partial charge in [0.1, 0.15) is 5.69 Å². The number of amides is 1. The van der Waals surface area contributed by atoms with Crippen LogP contribution in [-0.4, -0.2) is 56.5 Å². The number of carbonyl (C=O) groups is 1. The third-order valence-corrected chi connectivity index (χ3v) is 5.32. The summed E-state index contributed by atoms with van der Waals surface area (Å²) in [5.74, 6) is -0.145. The monoisotopic (exact) mass is 392 g/mol. The minimum atomic E-state index is -0.229. The molecule has 0 spiro atoms. The van der Waals surface area contributed by atoms with E-state index < -0.39 is 0 Å². The molecule has 0 atom stereocenters. The summed E-state index contributed by atoms with van der Waals surface area (Å²) in [7, 11) is 1.55. The maximum Gasteiger partial charge on any atom is 0.274 e. The molecule has 1 aliphatic rings. The van der Waals surface area contributed by atoms with Gasteiger partial charge >= 0.3 is 0 Å². The summed E-state index contributed by atoms with van der Waals surface area (Å²) in [6.45, 7) is 6.73. The highest BCUT2D eigenvalue weighted by Crippen LogP contribution is 2.27. The number of piperazine rings is 1. The minimum Gasteiger partial charge on any atom is -0.365 e. The predicted octanol–water partition coefficient (Wildman–Crippen LogP) is 1.55. The van der Waals surface area contributed by atoms with Gasteiger partial charge in [-0.1, -0.05) is 18.2 Å². The van der Waals surface area contributed by atoms with Crippen LogP contribution in [0.3, 0.4) is 0 Å². The Morgan fingerprint density at radius 1 is 0.931 bits per heavy atom. The molecule has 1 aliphatic heterocycles. The quantitative estimate of drug-likeness (QED) is 0.676. The third kappa shape index (κ3) is 3.53. The van der Waals surface area contributed by atoms with Crippen molar-refractivity contribution >= 4 is 11.6 Å². The number of nitrogens with zero attached hydrogens (tertiary/aromatic N) is 6. The van der Waals surface area contributed by atoms with Crippen LogP contribution in [0.5, 0.6) is 0 Å². The molecular weight excluding hydrogens is 368 g/mol. The molecule has 0 radical (unpaired) electrons. The average Bonchev–Trinajstić information content (AvgIpc) is 3.04. The van der Waals surface area contributed by atoms with Gasteiger partial charge in [0.15, 0.2) is 0 Å². The summed E-state index contributed by atoms with van der Waals surface area (Å²) in [5.41, 5.74) is 4.30. The van der Waals surface area contributed by atoms with Gasteiger partial charge in [-0.25, -0.2) is 9.36 Å². The number of rotatable bonds is 3. The van der Waals surface area contributed by atoms with Gasteiger partial charge in [0, 0.05) is 39.3 Å². The first-order chi connectivity index (χ1) is 14.0. The molecule has 0 unspecified atom stereocenters. The van der Waals surface area contributed by atoms with E-state index in [-0.39, 0.29) is 11.5 Å². The molecule has 1 saturated heterocycles. The molecule has 3 aromatic rings. The van der Waals surface area contributed by atoms with Crippen molar-refractivity contribution in [2.75, 3.05) is 31.1 Å². The van der Waals surface area contributed by atoms with Gasteiger partial charge in [-0.2, -0.15) is 10.2 Å². The van der Waals surface area contributed by atoms with Crippen molar-refractivity contribution in [1.29, 1.82) is 0 Å². The zero-order valence-electron chi connectivity index (χ0n) is 16.9. The Kier molecular flexibility index (Phi) is 4.92. The molecular formula is C21H24N6O2. The lowest BCUT2D eigenvalue weighted by molar-refractivity contribution is 0.0738. The molecule has 1 fully saturated rings. The fourth-order valence-corrected chi connectivity index (χ4v) is 3.82. The molecule has 2 aromatic heterocycles. The summed E-state index contributed by atoms with van der Waals surface area (Å²) < 4.78 is 3.16. The molecule has 0 aliphatic carbocycles. The zero-order valence-corrected chi connectivity index (χ0v) is 16.9. The van der Waals surface area contributed by atoms with Crippen LogP contribution in [0.4, 0.5) is 5.69 Å². The Morgan fingerprint density at radius 3 is 2.28 bits per heavy atom. The van der Waals surface area contributed by atoms with Gasteiger partial charge < -0.3 is 9.80 Å². The van der Waals surface area contributed by atoms with Gasteiger partial charge in [-0.3, -0.25) is 9.59 Å². The van der Waals surface area contributed by atoms with E-state index in [0.717, 1.165) is 35.9 Å². The van der Waals surface area contributed by atoms with E-state index >= 15 is 0 Å². The number of aryl methyl sites for hydroxylation is 2. The van der Waals surface area contributed by atoms with E-state index in [2.05, 4.69) is 16.9 Å². The Hall–Kier alpha value is -3.42. The van der Waals surface area contributed by atoms with Crippen LogP contribution in [0.1, 0.15) is 21.9 Å². The number of hydrogen-bond donors (Lipinski definition) is 0.